The van der Waals surface area contributed by atoms with Crippen LogP contribution < -0.4 is 15.0 Å². The van der Waals surface area contributed by atoms with Gasteiger partial charge in [0.2, 0.25) is 5.91 Å². The van der Waals surface area contributed by atoms with E-state index in [1.165, 1.54) is 23.1 Å². The van der Waals surface area contributed by atoms with Gasteiger partial charge in [-0.15, -0.1) is 0 Å². The van der Waals surface area contributed by atoms with Gasteiger partial charge in [-0.25, -0.2) is 0 Å². The second kappa shape index (κ2) is 7.30. The molecule has 1 fully saturated rings. The molecule has 4 rings (SSSR count). The van der Waals surface area contributed by atoms with Crippen LogP contribution in [0.25, 0.3) is 0 Å². The van der Waals surface area contributed by atoms with Crippen molar-refractivity contribution in [1.29, 1.82) is 0 Å². The van der Waals surface area contributed by atoms with Gasteiger partial charge in [-0.2, -0.15) is 0 Å². The van der Waals surface area contributed by atoms with Crippen molar-refractivity contribution >= 4 is 23.2 Å². The van der Waals surface area contributed by atoms with Crippen LogP contribution in [-0.4, -0.2) is 29.9 Å². The van der Waals surface area contributed by atoms with Gasteiger partial charge in [-0.3, -0.25) is 24.6 Å². The van der Waals surface area contributed by atoms with E-state index in [1.54, 1.807) is 0 Å². The first-order chi connectivity index (χ1) is 13.5. The number of anilines is 1. The number of carbonyl (C=O) groups excluding carboxylic acids is 2. The Morgan fingerprint density at radius 3 is 2.68 bits per heavy atom. The number of amides is 2. The van der Waals surface area contributed by atoms with Gasteiger partial charge in [0.25, 0.3) is 11.6 Å². The third-order valence-electron chi connectivity index (χ3n) is 4.97. The molecule has 1 atom stereocenters. The van der Waals surface area contributed by atoms with Crippen molar-refractivity contribution in [2.45, 2.75) is 18.9 Å². The number of hydrogen-bond donors (Lipinski definition) is 1. The number of hydrogen-bond acceptors (Lipinski definition) is 5. The molecule has 0 aromatic heterocycles. The van der Waals surface area contributed by atoms with Crippen LogP contribution >= 0.6 is 0 Å². The Kier molecular flexibility index (Phi) is 4.68. The minimum absolute atomic E-state index is 0.102. The number of carbonyl (C=O) groups is 2. The third kappa shape index (κ3) is 3.66. The maximum absolute atomic E-state index is 12.7. The molecule has 0 radical (unpaired) electrons. The van der Waals surface area contributed by atoms with Crippen LogP contribution in [0.15, 0.2) is 48.5 Å². The number of non-ortho nitro benzene ring substituents is 1. The Labute approximate surface area is 161 Å². The molecule has 0 spiro atoms. The summed E-state index contributed by atoms with van der Waals surface area (Å²) in [6, 6.07) is 13.6. The molecule has 0 bridgehead atoms. The lowest BCUT2D eigenvalue weighted by Crippen LogP contribution is -2.46. The predicted octanol–water partition coefficient (Wildman–Crippen LogP) is 2.59. The Hall–Kier alpha value is -3.42. The molecule has 1 aliphatic heterocycles. The number of nitrogens with one attached hydrogen (secondary N) is 1. The lowest BCUT2D eigenvalue weighted by atomic mass is 10.0. The molecule has 1 aliphatic carbocycles. The maximum Gasteiger partial charge on any atom is 0.271 e. The molecule has 1 heterocycles. The highest BCUT2D eigenvalue weighted by Crippen LogP contribution is 2.41. The van der Waals surface area contributed by atoms with Crippen molar-refractivity contribution in [3.63, 3.8) is 0 Å². The van der Waals surface area contributed by atoms with Gasteiger partial charge in [0.05, 0.1) is 16.7 Å². The highest BCUT2D eigenvalue weighted by atomic mass is 16.6. The molecule has 8 heteroatoms. The minimum atomic E-state index is -0.545. The monoisotopic (exact) mass is 381 g/mol. The normalized spacial score (nSPS) is 16.7. The maximum atomic E-state index is 12.7. The van der Waals surface area contributed by atoms with Crippen LogP contribution in [0, 0.1) is 16.0 Å². The van der Waals surface area contributed by atoms with E-state index in [9.17, 15) is 19.7 Å². The molecule has 2 amide bonds. The van der Waals surface area contributed by atoms with Crippen LogP contribution in [0.3, 0.4) is 0 Å². The van der Waals surface area contributed by atoms with Crippen LogP contribution in [0.2, 0.25) is 0 Å². The summed E-state index contributed by atoms with van der Waals surface area (Å²) in [7, 11) is 0. The minimum Gasteiger partial charge on any atom is -0.482 e. The number of nitro groups is 1. The smallest absolute Gasteiger partial charge is 0.271 e. The van der Waals surface area contributed by atoms with Gasteiger partial charge in [0.15, 0.2) is 6.61 Å². The number of rotatable bonds is 6. The first-order valence-electron chi connectivity index (χ1n) is 9.09. The molecule has 1 unspecified atom stereocenters. The quantitative estimate of drug-likeness (QED) is 0.612. The van der Waals surface area contributed by atoms with E-state index in [2.05, 4.69) is 5.32 Å². The molecule has 144 valence electrons. The van der Waals surface area contributed by atoms with Crippen molar-refractivity contribution in [3.05, 3.63) is 64.2 Å². The van der Waals surface area contributed by atoms with Crippen molar-refractivity contribution in [1.82, 2.24) is 5.32 Å². The lowest BCUT2D eigenvalue weighted by molar-refractivity contribution is -0.384. The lowest BCUT2D eigenvalue weighted by Gasteiger charge is -2.29. The Balaban J connectivity index is 1.53. The molecular formula is C20H19N3O5. The van der Waals surface area contributed by atoms with E-state index in [0.717, 1.165) is 18.4 Å². The third-order valence-corrected chi connectivity index (χ3v) is 4.97. The van der Waals surface area contributed by atoms with Crippen LogP contribution in [0.5, 0.6) is 5.75 Å². The molecule has 1 saturated carbocycles. The number of fused-ring (bicyclic) bond motifs is 1. The summed E-state index contributed by atoms with van der Waals surface area (Å²) in [5.74, 6) is 0.0132. The van der Waals surface area contributed by atoms with Crippen LogP contribution in [0.1, 0.15) is 24.4 Å². The summed E-state index contributed by atoms with van der Waals surface area (Å²) >= 11 is 0. The fraction of sp³-hybridized carbons (Fsp3) is 0.300. The number of nitrogens with zero attached hydrogens (tertiary/aromatic N) is 2. The van der Waals surface area contributed by atoms with Gasteiger partial charge >= 0.3 is 0 Å². The molecule has 0 saturated heterocycles. The fourth-order valence-corrected chi connectivity index (χ4v) is 3.40. The average Bonchev–Trinajstić information content (AvgIpc) is 3.53. The molecular weight excluding hydrogens is 362 g/mol. The van der Waals surface area contributed by atoms with Gasteiger partial charge in [-0.05, 0) is 30.4 Å². The van der Waals surface area contributed by atoms with Crippen molar-refractivity contribution in [2.75, 3.05) is 18.1 Å². The van der Waals surface area contributed by atoms with Crippen LogP contribution in [-0.2, 0) is 9.59 Å². The first-order valence-corrected chi connectivity index (χ1v) is 9.09. The van der Waals surface area contributed by atoms with Crippen molar-refractivity contribution < 1.29 is 19.2 Å². The fourth-order valence-electron chi connectivity index (χ4n) is 3.40. The predicted molar refractivity (Wildman–Crippen MR) is 101 cm³/mol. The summed E-state index contributed by atoms with van der Waals surface area (Å²) < 4.78 is 5.34. The second-order valence-electron chi connectivity index (χ2n) is 6.97. The SMILES string of the molecule is O=C(CN1C(=O)COc2ccc([N+](=O)[O-])cc21)NC(c1ccccc1)C1CC1. The molecule has 2 aliphatic rings. The van der Waals surface area contributed by atoms with Gasteiger partial charge in [0, 0.05) is 12.1 Å². The van der Waals surface area contributed by atoms with E-state index >= 15 is 0 Å². The van der Waals surface area contributed by atoms with Crippen molar-refractivity contribution in [2.24, 2.45) is 5.92 Å². The van der Waals surface area contributed by atoms with Gasteiger partial charge in [0.1, 0.15) is 12.3 Å². The molecule has 1 N–H and O–H groups in total. The molecule has 28 heavy (non-hydrogen) atoms. The number of ether oxygens (including phenoxy) is 1. The molecule has 2 aromatic carbocycles. The summed E-state index contributed by atoms with van der Waals surface area (Å²) in [5.41, 5.74) is 1.11. The zero-order chi connectivity index (χ0) is 19.7. The van der Waals surface area contributed by atoms with E-state index in [4.69, 9.17) is 4.74 Å². The molecule has 2 aromatic rings. The zero-order valence-corrected chi connectivity index (χ0v) is 15.0. The zero-order valence-electron chi connectivity index (χ0n) is 15.0. The number of nitro benzene ring substituents is 1. The Morgan fingerprint density at radius 1 is 1.25 bits per heavy atom. The second-order valence-corrected chi connectivity index (χ2v) is 6.97. The first kappa shape index (κ1) is 18.0. The van der Waals surface area contributed by atoms with Crippen molar-refractivity contribution in [3.8, 4) is 5.75 Å². The van der Waals surface area contributed by atoms with E-state index in [0.29, 0.717) is 11.7 Å². The average molecular weight is 381 g/mol. The largest absolute Gasteiger partial charge is 0.482 e. The van der Waals surface area contributed by atoms with E-state index < -0.39 is 10.8 Å². The molecule has 8 nitrogen and oxygen atoms in total. The van der Waals surface area contributed by atoms with E-state index in [1.807, 2.05) is 30.3 Å². The summed E-state index contributed by atoms with van der Waals surface area (Å²) in [6.07, 6.45) is 2.09. The summed E-state index contributed by atoms with van der Waals surface area (Å²) in [4.78, 5) is 36.8. The number of benzene rings is 2. The Morgan fingerprint density at radius 2 is 2.00 bits per heavy atom. The van der Waals surface area contributed by atoms with Gasteiger partial charge in [-0.1, -0.05) is 30.3 Å². The standard InChI is InChI=1S/C20H19N3O5/c24-18(21-20(14-6-7-14)13-4-2-1-3-5-13)11-22-16-10-15(23(26)27)8-9-17(16)28-12-19(22)25/h1-5,8-10,14,20H,6-7,11-12H2,(H,21,24). The van der Waals surface area contributed by atoms with E-state index in [-0.39, 0.29) is 36.5 Å². The van der Waals surface area contributed by atoms with Crippen LogP contribution in [0.4, 0.5) is 11.4 Å². The highest BCUT2D eigenvalue weighted by molar-refractivity contribution is 6.02. The Bertz CT molecular complexity index is 927. The highest BCUT2D eigenvalue weighted by Gasteiger charge is 2.35. The van der Waals surface area contributed by atoms with Gasteiger partial charge < -0.3 is 10.1 Å². The summed E-state index contributed by atoms with van der Waals surface area (Å²) in [6.45, 7) is -0.421. The topological polar surface area (TPSA) is 102 Å². The summed E-state index contributed by atoms with van der Waals surface area (Å²) in [5, 5.41) is 14.1.